The fourth-order valence-electron chi connectivity index (χ4n) is 2.22. The van der Waals surface area contributed by atoms with Gasteiger partial charge in [-0.2, -0.15) is 0 Å². The second kappa shape index (κ2) is 5.78. The van der Waals surface area contributed by atoms with Crippen molar-refractivity contribution in [3.63, 3.8) is 0 Å². The first-order chi connectivity index (χ1) is 8.88. The van der Waals surface area contributed by atoms with Crippen molar-refractivity contribution in [3.8, 4) is 0 Å². The van der Waals surface area contributed by atoms with Gasteiger partial charge < -0.3 is 0 Å². The van der Waals surface area contributed by atoms with Gasteiger partial charge in [0.15, 0.2) is 0 Å². The number of rotatable bonds is 2. The molecule has 2 aromatic rings. The zero-order valence-electron chi connectivity index (χ0n) is 11.5. The Morgan fingerprint density at radius 1 is 0.632 bits per heavy atom. The largest absolute Gasteiger partial charge is 0.0890 e. The molecule has 0 saturated carbocycles. The van der Waals surface area contributed by atoms with E-state index in [0.29, 0.717) is 0 Å². The summed E-state index contributed by atoms with van der Waals surface area (Å²) in [6.45, 7) is 8.40. The Hall–Kier alpha value is -0.630. The molecule has 0 aromatic heterocycles. The van der Waals surface area contributed by atoms with Gasteiger partial charge in [0.25, 0.3) is 0 Å². The van der Waals surface area contributed by atoms with Crippen molar-refractivity contribution in [1.29, 1.82) is 0 Å². The zero-order chi connectivity index (χ0) is 14.2. The number of aryl methyl sites for hydroxylation is 4. The van der Waals surface area contributed by atoms with E-state index in [1.807, 2.05) is 24.3 Å². The van der Waals surface area contributed by atoms with Gasteiger partial charge in [-0.05, 0) is 74.2 Å². The number of hydrogen-bond acceptors (Lipinski definition) is 1. The minimum absolute atomic E-state index is 0.795. The highest BCUT2D eigenvalue weighted by atomic mass is 35.5. The van der Waals surface area contributed by atoms with Crippen molar-refractivity contribution in [2.45, 2.75) is 37.5 Å². The average molecular weight is 311 g/mol. The Labute approximate surface area is 129 Å². The molecule has 3 heteroatoms. The summed E-state index contributed by atoms with van der Waals surface area (Å²) in [5.41, 5.74) is 4.85. The van der Waals surface area contributed by atoms with Crippen molar-refractivity contribution < 1.29 is 0 Å². The first kappa shape index (κ1) is 14.8. The first-order valence-corrected chi connectivity index (χ1v) is 7.67. The molecule has 0 nitrogen and oxygen atoms in total. The third-order valence-corrected chi connectivity index (χ3v) is 5.19. The molecule has 2 rings (SSSR count). The predicted octanol–water partition coefficient (Wildman–Crippen LogP) is 6.38. The summed E-state index contributed by atoms with van der Waals surface area (Å²) in [6.07, 6.45) is 0. The lowest BCUT2D eigenvalue weighted by Gasteiger charge is -2.14. The molecule has 0 radical (unpaired) electrons. The monoisotopic (exact) mass is 310 g/mol. The molecule has 0 fully saturated rings. The number of hydrogen-bond donors (Lipinski definition) is 0. The number of benzene rings is 2. The first-order valence-electron chi connectivity index (χ1n) is 6.10. The molecule has 0 bridgehead atoms. The smallest absolute Gasteiger partial charge is 0.0412 e. The molecule has 0 spiro atoms. The minimum Gasteiger partial charge on any atom is -0.0890 e. The summed E-state index contributed by atoms with van der Waals surface area (Å²) in [6, 6.07) is 8.05. The Kier molecular flexibility index (Phi) is 4.50. The molecule has 0 N–H and O–H groups in total. The lowest BCUT2D eigenvalue weighted by Crippen LogP contribution is -1.90. The van der Waals surface area contributed by atoms with Crippen LogP contribution in [0.15, 0.2) is 34.1 Å². The van der Waals surface area contributed by atoms with Gasteiger partial charge in [-0.1, -0.05) is 35.0 Å². The zero-order valence-corrected chi connectivity index (χ0v) is 13.8. The summed E-state index contributed by atoms with van der Waals surface area (Å²) >= 11 is 14.0. The quantitative estimate of drug-likeness (QED) is 0.620. The van der Waals surface area contributed by atoms with Gasteiger partial charge in [0.2, 0.25) is 0 Å². The molecule has 0 aliphatic carbocycles. The van der Waals surface area contributed by atoms with Crippen LogP contribution < -0.4 is 0 Å². The molecule has 19 heavy (non-hydrogen) atoms. The van der Waals surface area contributed by atoms with Crippen molar-refractivity contribution in [3.05, 3.63) is 56.6 Å². The summed E-state index contributed by atoms with van der Waals surface area (Å²) in [7, 11) is 0. The fourth-order valence-corrected chi connectivity index (χ4v) is 3.96. The second-order valence-corrected chi connectivity index (χ2v) is 6.73. The van der Waals surface area contributed by atoms with E-state index in [4.69, 9.17) is 23.2 Å². The van der Waals surface area contributed by atoms with Crippen LogP contribution in [0.5, 0.6) is 0 Å². The molecule has 0 unspecified atom stereocenters. The number of halogens is 2. The highest BCUT2D eigenvalue weighted by Gasteiger charge is 2.11. The van der Waals surface area contributed by atoms with Crippen LogP contribution in [-0.2, 0) is 0 Å². The van der Waals surface area contributed by atoms with Crippen LogP contribution in [0, 0.1) is 27.7 Å². The van der Waals surface area contributed by atoms with Crippen LogP contribution >= 0.6 is 35.0 Å². The SMILES string of the molecule is Cc1cc(Cl)cc(C)c1Sc1c(C)cc(Cl)cc1C. The molecule has 2 aromatic carbocycles. The minimum atomic E-state index is 0.795. The molecule has 0 saturated heterocycles. The summed E-state index contributed by atoms with van der Waals surface area (Å²) < 4.78 is 0. The maximum atomic E-state index is 6.08. The lowest BCUT2D eigenvalue weighted by molar-refractivity contribution is 1.18. The lowest BCUT2D eigenvalue weighted by atomic mass is 10.1. The van der Waals surface area contributed by atoms with Crippen LogP contribution in [-0.4, -0.2) is 0 Å². The van der Waals surface area contributed by atoms with E-state index in [1.54, 1.807) is 11.8 Å². The molecule has 0 heterocycles. The molecule has 0 aliphatic rings. The van der Waals surface area contributed by atoms with Crippen molar-refractivity contribution >= 4 is 35.0 Å². The standard InChI is InChI=1S/C16H16Cl2S/c1-9-5-13(17)6-10(2)15(9)19-16-11(3)7-14(18)8-12(16)4/h5-8H,1-4H3. The van der Waals surface area contributed by atoms with Crippen LogP contribution in [0.4, 0.5) is 0 Å². The Balaban J connectivity index is 2.48. The van der Waals surface area contributed by atoms with E-state index in [0.717, 1.165) is 10.0 Å². The molecule has 0 aliphatic heterocycles. The summed E-state index contributed by atoms with van der Waals surface area (Å²) in [5, 5.41) is 1.59. The third kappa shape index (κ3) is 3.28. The average Bonchev–Trinajstić information content (AvgIpc) is 2.25. The normalized spacial score (nSPS) is 10.8. The topological polar surface area (TPSA) is 0 Å². The molecule has 0 atom stereocenters. The van der Waals surface area contributed by atoms with Gasteiger partial charge in [0.1, 0.15) is 0 Å². The van der Waals surface area contributed by atoms with E-state index in [-0.39, 0.29) is 0 Å². The van der Waals surface area contributed by atoms with E-state index in [9.17, 15) is 0 Å². The van der Waals surface area contributed by atoms with E-state index >= 15 is 0 Å². The van der Waals surface area contributed by atoms with Gasteiger partial charge in [0.05, 0.1) is 0 Å². The summed E-state index contributed by atoms with van der Waals surface area (Å²) in [4.78, 5) is 2.55. The second-order valence-electron chi connectivity index (χ2n) is 4.84. The van der Waals surface area contributed by atoms with Crippen LogP contribution in [0.1, 0.15) is 22.3 Å². The molecular weight excluding hydrogens is 295 g/mol. The highest BCUT2D eigenvalue weighted by molar-refractivity contribution is 7.99. The fraction of sp³-hybridized carbons (Fsp3) is 0.250. The van der Waals surface area contributed by atoms with Crippen LogP contribution in [0.25, 0.3) is 0 Å². The Morgan fingerprint density at radius 2 is 0.895 bits per heavy atom. The molecular formula is C16H16Cl2S. The summed E-state index contributed by atoms with van der Waals surface area (Å²) in [5.74, 6) is 0. The Morgan fingerprint density at radius 3 is 1.16 bits per heavy atom. The van der Waals surface area contributed by atoms with E-state index < -0.39 is 0 Å². The molecule has 100 valence electrons. The highest BCUT2D eigenvalue weighted by Crippen LogP contribution is 2.38. The van der Waals surface area contributed by atoms with Gasteiger partial charge in [-0.15, -0.1) is 0 Å². The van der Waals surface area contributed by atoms with Gasteiger partial charge in [-0.25, -0.2) is 0 Å². The van der Waals surface area contributed by atoms with Crippen molar-refractivity contribution in [2.75, 3.05) is 0 Å². The van der Waals surface area contributed by atoms with E-state index in [2.05, 4.69) is 27.7 Å². The van der Waals surface area contributed by atoms with Gasteiger partial charge >= 0.3 is 0 Å². The maximum absolute atomic E-state index is 6.08. The van der Waals surface area contributed by atoms with Crippen molar-refractivity contribution in [1.82, 2.24) is 0 Å². The third-order valence-electron chi connectivity index (χ3n) is 3.05. The Bertz CT molecular complexity index is 531. The van der Waals surface area contributed by atoms with Crippen LogP contribution in [0.2, 0.25) is 10.0 Å². The van der Waals surface area contributed by atoms with Gasteiger partial charge in [0, 0.05) is 19.8 Å². The van der Waals surface area contributed by atoms with Crippen molar-refractivity contribution in [2.24, 2.45) is 0 Å². The maximum Gasteiger partial charge on any atom is 0.0412 e. The van der Waals surface area contributed by atoms with Crippen LogP contribution in [0.3, 0.4) is 0 Å². The molecule has 0 amide bonds. The predicted molar refractivity (Wildman–Crippen MR) is 86.0 cm³/mol. The van der Waals surface area contributed by atoms with E-state index in [1.165, 1.54) is 32.0 Å². The van der Waals surface area contributed by atoms with Gasteiger partial charge in [-0.3, -0.25) is 0 Å².